The fourth-order valence-corrected chi connectivity index (χ4v) is 5.51. The Balaban J connectivity index is 1.61. The number of phosphoric ester groups is 2. The van der Waals surface area contributed by atoms with Crippen molar-refractivity contribution in [2.24, 2.45) is 0 Å². The van der Waals surface area contributed by atoms with Crippen molar-refractivity contribution < 1.29 is 72.4 Å². The summed E-state index contributed by atoms with van der Waals surface area (Å²) in [6.07, 6.45) is -15.4. The number of nitrogens with zero attached hydrogens (tertiary/aromatic N) is 1. The molecule has 11 atom stereocenters. The molecule has 2 saturated heterocycles. The fraction of sp³-hybridized carbons (Fsp3) is 0.733. The quantitative estimate of drug-likeness (QED) is 0.0990. The van der Waals surface area contributed by atoms with Gasteiger partial charge in [-0.1, -0.05) is 0 Å². The molecule has 1 aromatic heterocycles. The summed E-state index contributed by atoms with van der Waals surface area (Å²) < 4.78 is 48.1. The van der Waals surface area contributed by atoms with E-state index in [9.17, 15) is 54.0 Å². The molecule has 19 nitrogen and oxygen atoms in total. The van der Waals surface area contributed by atoms with E-state index in [1.54, 1.807) is 0 Å². The van der Waals surface area contributed by atoms with E-state index in [0.29, 0.717) is 0 Å². The molecular formula is C15H24N2O17P2. The second-order valence-corrected chi connectivity index (χ2v) is 10.7. The molecule has 2 unspecified atom stereocenters. The third-order valence-corrected chi connectivity index (χ3v) is 7.76. The summed E-state index contributed by atoms with van der Waals surface area (Å²) in [5, 5.41) is 58.6. The number of aromatic nitrogens is 2. The number of aromatic amines is 1. The normalized spacial score (nSPS) is 38.4. The smallest absolute Gasteiger partial charge is 0.394 e. The number of phosphoric acid groups is 2. The van der Waals surface area contributed by atoms with Gasteiger partial charge in [-0.25, -0.2) is 13.9 Å². The van der Waals surface area contributed by atoms with Gasteiger partial charge in [-0.3, -0.25) is 23.4 Å². The van der Waals surface area contributed by atoms with E-state index in [1.807, 2.05) is 4.98 Å². The number of nitrogens with one attached hydrogen (secondary N) is 1. The van der Waals surface area contributed by atoms with Crippen LogP contribution in [0.1, 0.15) is 6.23 Å². The van der Waals surface area contributed by atoms with Gasteiger partial charge in [0.05, 0.1) is 13.2 Å². The van der Waals surface area contributed by atoms with Gasteiger partial charge in [0.1, 0.15) is 42.7 Å². The van der Waals surface area contributed by atoms with Gasteiger partial charge in [0, 0.05) is 12.3 Å². The van der Waals surface area contributed by atoms with Gasteiger partial charge in [0.25, 0.3) is 5.56 Å². The number of aliphatic hydroxyl groups excluding tert-OH is 6. The van der Waals surface area contributed by atoms with Gasteiger partial charge in [0.15, 0.2) is 12.5 Å². The second-order valence-electron chi connectivity index (χ2n) is 7.68. The highest BCUT2D eigenvalue weighted by atomic mass is 31.3. The van der Waals surface area contributed by atoms with Gasteiger partial charge >= 0.3 is 21.3 Å². The van der Waals surface area contributed by atoms with Crippen molar-refractivity contribution in [2.45, 2.75) is 55.2 Å². The van der Waals surface area contributed by atoms with Crippen molar-refractivity contribution in [1.29, 1.82) is 0 Å². The molecule has 206 valence electrons. The zero-order valence-electron chi connectivity index (χ0n) is 17.9. The zero-order valence-corrected chi connectivity index (χ0v) is 19.6. The largest absolute Gasteiger partial charge is 0.483 e. The van der Waals surface area contributed by atoms with Crippen LogP contribution in [0.2, 0.25) is 0 Å². The number of aliphatic hydroxyl groups is 6. The van der Waals surface area contributed by atoms with Crippen LogP contribution in [0.15, 0.2) is 21.9 Å². The Morgan fingerprint density at radius 3 is 2.17 bits per heavy atom. The molecule has 0 aliphatic carbocycles. The van der Waals surface area contributed by atoms with Crippen LogP contribution in [0.3, 0.4) is 0 Å². The van der Waals surface area contributed by atoms with E-state index in [4.69, 9.17) is 14.6 Å². The third-order valence-electron chi connectivity index (χ3n) is 5.16. The maximum absolute atomic E-state index is 12.2. The molecule has 0 saturated carbocycles. The number of ether oxygens (including phenoxy) is 2. The second kappa shape index (κ2) is 11.2. The van der Waals surface area contributed by atoms with Gasteiger partial charge in [-0.2, -0.15) is 4.31 Å². The summed E-state index contributed by atoms with van der Waals surface area (Å²) in [5.74, 6) is 0. The molecule has 3 rings (SSSR count). The first-order chi connectivity index (χ1) is 16.7. The predicted octanol–water partition coefficient (Wildman–Crippen LogP) is -4.79. The molecule has 9 N–H and O–H groups in total. The molecule has 21 heteroatoms. The molecule has 2 aliphatic heterocycles. The van der Waals surface area contributed by atoms with E-state index >= 15 is 0 Å². The van der Waals surface area contributed by atoms with E-state index in [0.717, 1.165) is 16.8 Å². The van der Waals surface area contributed by atoms with E-state index in [-0.39, 0.29) is 0 Å². The fourth-order valence-electron chi connectivity index (χ4n) is 3.35. The first-order valence-electron chi connectivity index (χ1n) is 9.99. The minimum Gasteiger partial charge on any atom is -0.394 e. The molecule has 0 radical (unpaired) electrons. The monoisotopic (exact) mass is 572 g/mol. The Hall–Kier alpha value is -1.38. The van der Waals surface area contributed by atoms with Crippen molar-refractivity contribution in [1.82, 2.24) is 9.55 Å². The summed E-state index contributed by atoms with van der Waals surface area (Å²) in [7, 11) is -11.1. The molecule has 0 spiro atoms. The van der Waals surface area contributed by atoms with Gasteiger partial charge in [-0.05, 0) is 0 Å². The molecule has 0 amide bonds. The Morgan fingerprint density at radius 2 is 1.56 bits per heavy atom. The Kier molecular flexibility index (Phi) is 9.05. The Bertz CT molecular complexity index is 1120. The van der Waals surface area contributed by atoms with Crippen LogP contribution in [-0.4, -0.2) is 112 Å². The van der Waals surface area contributed by atoms with Crippen LogP contribution in [0.5, 0.6) is 0 Å². The predicted molar refractivity (Wildman–Crippen MR) is 109 cm³/mol. The van der Waals surface area contributed by atoms with Crippen LogP contribution in [0.4, 0.5) is 0 Å². The summed E-state index contributed by atoms with van der Waals surface area (Å²) >= 11 is 0. The molecule has 3 heterocycles. The van der Waals surface area contributed by atoms with E-state index < -0.39 is 95.4 Å². The lowest BCUT2D eigenvalue weighted by atomic mass is 10.1. The molecule has 0 bridgehead atoms. The summed E-state index contributed by atoms with van der Waals surface area (Å²) in [5.41, 5.74) is -1.75. The topological polar surface area (TPSA) is 297 Å². The summed E-state index contributed by atoms with van der Waals surface area (Å²) in [4.78, 5) is 44.5. The van der Waals surface area contributed by atoms with Gasteiger partial charge in [-0.15, -0.1) is 0 Å². The SMILES string of the molecule is O=c1ccn([C@@H]2O[C@H](COP(=O)(O)OP(=O)(O)O[13C@H]3O[13C@H]([13CH2]O)[13C@@H](O)[13C@H](O)[13C@H]3O)[C@@H](O)[C@H]2O)c(=O)[nH]1. The van der Waals surface area contributed by atoms with Crippen molar-refractivity contribution in [3.63, 3.8) is 0 Å². The number of hydrogen-bond donors (Lipinski definition) is 9. The molecular weight excluding hydrogens is 548 g/mol. The molecule has 1 aromatic rings. The Labute approximate surface area is 199 Å². The first-order valence-corrected chi connectivity index (χ1v) is 13.0. The zero-order chi connectivity index (χ0) is 27.0. The van der Waals surface area contributed by atoms with Crippen LogP contribution in [0, 0.1) is 0 Å². The lowest BCUT2D eigenvalue weighted by Gasteiger charge is -2.39. The lowest BCUT2D eigenvalue weighted by Crippen LogP contribution is -2.58. The summed E-state index contributed by atoms with van der Waals surface area (Å²) in [6.45, 7) is -1.93. The first kappa shape index (κ1) is 29.2. The maximum atomic E-state index is 12.2. The average molecular weight is 572 g/mol. The average Bonchev–Trinajstić information content (AvgIpc) is 3.06. The maximum Gasteiger partial charge on any atom is 0.483 e. The number of hydrogen-bond acceptors (Lipinski definition) is 15. The van der Waals surface area contributed by atoms with Crippen molar-refractivity contribution in [3.8, 4) is 0 Å². The highest BCUT2D eigenvalue weighted by Gasteiger charge is 2.49. The minimum atomic E-state index is -5.59. The molecule has 36 heavy (non-hydrogen) atoms. The number of H-pyrrole nitrogens is 1. The van der Waals surface area contributed by atoms with Crippen LogP contribution in [-0.2, 0) is 32.0 Å². The van der Waals surface area contributed by atoms with Crippen LogP contribution >= 0.6 is 15.6 Å². The van der Waals surface area contributed by atoms with E-state index in [2.05, 4.69) is 13.4 Å². The van der Waals surface area contributed by atoms with E-state index in [1.165, 1.54) is 0 Å². The minimum absolute atomic E-state index is 0.723. The standard InChI is InChI=1S/C15H24N2O17P2/c18-3-5-8(20)10(22)12(24)14(32-5)33-36(28,29)34-35(26,27)30-4-6-9(21)11(23)13(31-6)17-2-1-7(19)16-15(17)25/h1-2,5-6,8-14,18,20-24H,3-4H2,(H,26,27)(H,28,29)(H,16,19,25)/t5-,6-,8-,9-,10+,11-,12-,13-,14-/m1/s1/i3+1,5+1,8+1,10+1,12+1,14+1. The molecule has 2 aliphatic rings. The highest BCUT2D eigenvalue weighted by Crippen LogP contribution is 2.61. The van der Waals surface area contributed by atoms with Crippen molar-refractivity contribution in [2.75, 3.05) is 13.2 Å². The van der Waals surface area contributed by atoms with Crippen molar-refractivity contribution >= 4 is 15.6 Å². The van der Waals surface area contributed by atoms with Crippen molar-refractivity contribution in [3.05, 3.63) is 33.1 Å². The van der Waals surface area contributed by atoms with Crippen LogP contribution in [0.25, 0.3) is 0 Å². The third kappa shape index (κ3) is 6.54. The molecule has 0 aromatic carbocycles. The highest BCUT2D eigenvalue weighted by molar-refractivity contribution is 7.61. The lowest BCUT2D eigenvalue weighted by molar-refractivity contribution is -0.280. The summed E-state index contributed by atoms with van der Waals surface area (Å²) in [6, 6.07) is 0.928. The number of rotatable bonds is 9. The molecule has 2 fully saturated rings. The Morgan fingerprint density at radius 1 is 0.917 bits per heavy atom. The van der Waals surface area contributed by atoms with Gasteiger partial charge < -0.3 is 49.9 Å². The van der Waals surface area contributed by atoms with Gasteiger partial charge in [0.2, 0.25) is 0 Å². The van der Waals surface area contributed by atoms with Crippen LogP contribution < -0.4 is 11.2 Å².